The number of ether oxygens (including phenoxy) is 1. The number of hydrogen-bond donors (Lipinski definition) is 1. The fourth-order valence-corrected chi connectivity index (χ4v) is 5.03. The van der Waals surface area contributed by atoms with E-state index in [9.17, 15) is 13.2 Å². The van der Waals surface area contributed by atoms with Crippen LogP contribution in [0.15, 0.2) is 89.9 Å². The number of morpholine rings is 1. The molecular weight excluding hydrogens is 507 g/mol. The molecule has 200 valence electrons. The number of fused-ring (bicyclic) bond motifs is 1. The normalized spacial score (nSPS) is 15.5. The van der Waals surface area contributed by atoms with Crippen LogP contribution in [0.4, 0.5) is 19.0 Å². The summed E-state index contributed by atoms with van der Waals surface area (Å²) >= 11 is 0. The zero-order valence-corrected chi connectivity index (χ0v) is 20.9. The van der Waals surface area contributed by atoms with Gasteiger partial charge in [0.25, 0.3) is 0 Å². The van der Waals surface area contributed by atoms with Crippen LogP contribution >= 0.6 is 0 Å². The first-order valence-electron chi connectivity index (χ1n) is 12.7. The Morgan fingerprint density at radius 2 is 1.77 bits per heavy atom. The summed E-state index contributed by atoms with van der Waals surface area (Å²) < 4.78 is 53.5. The van der Waals surface area contributed by atoms with Gasteiger partial charge in [-0.05, 0) is 35.9 Å². The Balaban J connectivity index is 1.43. The number of benzene rings is 2. The topological polar surface area (TPSA) is 68.4 Å². The van der Waals surface area contributed by atoms with Crippen molar-refractivity contribution in [3.63, 3.8) is 0 Å². The molecule has 1 atom stereocenters. The number of hydrogen-bond acceptors (Lipinski definition) is 6. The second kappa shape index (κ2) is 10.5. The third-order valence-electron chi connectivity index (χ3n) is 6.94. The summed E-state index contributed by atoms with van der Waals surface area (Å²) in [5.74, 6) is 1.42. The molecule has 39 heavy (non-hydrogen) atoms. The number of nitrogens with zero attached hydrogens (tertiary/aromatic N) is 4. The van der Waals surface area contributed by atoms with Crippen molar-refractivity contribution in [1.29, 1.82) is 0 Å². The summed E-state index contributed by atoms with van der Waals surface area (Å²) in [6.45, 7) is 3.34. The molecule has 2 aromatic carbocycles. The maximum atomic E-state index is 13.5. The van der Waals surface area contributed by atoms with Crippen LogP contribution in [0.3, 0.4) is 0 Å². The third-order valence-corrected chi connectivity index (χ3v) is 6.94. The zero-order valence-electron chi connectivity index (χ0n) is 20.9. The summed E-state index contributed by atoms with van der Waals surface area (Å²) in [7, 11) is 0. The molecule has 1 unspecified atom stereocenters. The van der Waals surface area contributed by atoms with Crippen molar-refractivity contribution in [2.24, 2.45) is 0 Å². The van der Waals surface area contributed by atoms with E-state index < -0.39 is 11.7 Å². The van der Waals surface area contributed by atoms with Gasteiger partial charge in [-0.15, -0.1) is 0 Å². The average molecular weight is 534 g/mol. The maximum Gasteiger partial charge on any atom is 0.416 e. The molecule has 0 saturated carbocycles. The highest BCUT2D eigenvalue weighted by atomic mass is 19.4. The van der Waals surface area contributed by atoms with Crippen LogP contribution in [-0.2, 0) is 10.9 Å². The first-order valence-corrected chi connectivity index (χ1v) is 12.7. The molecule has 1 fully saturated rings. The van der Waals surface area contributed by atoms with E-state index in [-0.39, 0.29) is 6.04 Å². The largest absolute Gasteiger partial charge is 0.468 e. The molecule has 4 heterocycles. The van der Waals surface area contributed by atoms with Crippen LogP contribution in [0, 0.1) is 0 Å². The van der Waals surface area contributed by atoms with Crippen LogP contribution in [0.25, 0.3) is 27.8 Å². The van der Waals surface area contributed by atoms with Gasteiger partial charge in [-0.2, -0.15) is 13.2 Å². The van der Waals surface area contributed by atoms with E-state index in [1.807, 2.05) is 48.7 Å². The summed E-state index contributed by atoms with van der Waals surface area (Å²) in [5, 5.41) is 4.22. The highest BCUT2D eigenvalue weighted by molar-refractivity contribution is 6.02. The lowest BCUT2D eigenvalue weighted by Crippen LogP contribution is -2.41. The van der Waals surface area contributed by atoms with Crippen molar-refractivity contribution in [3.05, 3.63) is 96.8 Å². The fraction of sp³-hybridized carbons (Fsp3) is 0.241. The first kappa shape index (κ1) is 25.1. The lowest BCUT2D eigenvalue weighted by Gasteiger charge is -2.33. The number of alkyl halides is 3. The molecule has 5 aromatic rings. The predicted molar refractivity (Wildman–Crippen MR) is 142 cm³/mol. The minimum atomic E-state index is -4.46. The predicted octanol–water partition coefficient (Wildman–Crippen LogP) is 6.18. The third kappa shape index (κ3) is 5.13. The van der Waals surface area contributed by atoms with Crippen LogP contribution in [0.2, 0.25) is 0 Å². The molecule has 6 rings (SSSR count). The number of rotatable bonds is 7. The highest BCUT2D eigenvalue weighted by Crippen LogP contribution is 2.37. The lowest BCUT2D eigenvalue weighted by atomic mass is 10.1. The van der Waals surface area contributed by atoms with Crippen LogP contribution in [-0.4, -0.2) is 52.3 Å². The van der Waals surface area contributed by atoms with Crippen molar-refractivity contribution in [3.8, 4) is 16.8 Å². The Hall–Kier alpha value is -4.15. The van der Waals surface area contributed by atoms with Gasteiger partial charge in [0.2, 0.25) is 0 Å². The van der Waals surface area contributed by atoms with Crippen molar-refractivity contribution >= 4 is 16.9 Å². The van der Waals surface area contributed by atoms with Crippen molar-refractivity contribution in [2.75, 3.05) is 38.2 Å². The summed E-state index contributed by atoms with van der Waals surface area (Å²) in [5.41, 5.74) is 1.87. The molecule has 1 saturated heterocycles. The van der Waals surface area contributed by atoms with E-state index in [4.69, 9.17) is 9.15 Å². The van der Waals surface area contributed by atoms with Crippen molar-refractivity contribution in [2.45, 2.75) is 12.2 Å². The number of anilines is 1. The van der Waals surface area contributed by atoms with E-state index in [1.54, 1.807) is 16.9 Å². The van der Waals surface area contributed by atoms with E-state index in [0.717, 1.165) is 47.5 Å². The Morgan fingerprint density at radius 3 is 2.51 bits per heavy atom. The molecular formula is C29H26F3N5O2. The van der Waals surface area contributed by atoms with Gasteiger partial charge in [0, 0.05) is 37.1 Å². The molecule has 3 aromatic heterocycles. The fourth-order valence-electron chi connectivity index (χ4n) is 5.03. The van der Waals surface area contributed by atoms with E-state index >= 15 is 0 Å². The SMILES string of the molecule is FC(F)(F)c1cccc(-n2cc(-c3ccccc3)c3c(NCC(c4ccco4)N4CCOCC4)ncnc32)c1. The number of aromatic nitrogens is 3. The smallest absolute Gasteiger partial charge is 0.416 e. The highest BCUT2D eigenvalue weighted by Gasteiger charge is 2.31. The first-order chi connectivity index (χ1) is 19.0. The molecule has 10 heteroatoms. The van der Waals surface area contributed by atoms with Gasteiger partial charge in [-0.3, -0.25) is 4.90 Å². The van der Waals surface area contributed by atoms with Gasteiger partial charge in [-0.1, -0.05) is 36.4 Å². The molecule has 1 aliphatic rings. The summed E-state index contributed by atoms with van der Waals surface area (Å²) in [6.07, 6.45) is 0.457. The molecule has 1 N–H and O–H groups in total. The number of nitrogens with one attached hydrogen (secondary N) is 1. The zero-order chi connectivity index (χ0) is 26.8. The standard InChI is InChI=1S/C29H26F3N5O2/c30-29(31,32)21-8-4-9-22(16-21)37-18-23(20-6-2-1-3-7-20)26-27(34-19-35-28(26)37)33-17-24(25-10-5-13-39-25)36-11-14-38-15-12-36/h1-10,13,16,18-19,24H,11-12,14-15,17H2,(H,33,34,35). The minimum Gasteiger partial charge on any atom is -0.468 e. The average Bonchev–Trinajstić information content (AvgIpc) is 3.63. The molecule has 7 nitrogen and oxygen atoms in total. The second-order valence-electron chi connectivity index (χ2n) is 9.31. The molecule has 0 aliphatic carbocycles. The summed E-state index contributed by atoms with van der Waals surface area (Å²) in [6, 6.07) is 18.7. The van der Waals surface area contributed by atoms with E-state index in [2.05, 4.69) is 20.2 Å². The van der Waals surface area contributed by atoms with Gasteiger partial charge in [0.05, 0.1) is 36.5 Å². The Morgan fingerprint density at radius 1 is 0.949 bits per heavy atom. The van der Waals surface area contributed by atoms with Crippen molar-refractivity contribution in [1.82, 2.24) is 19.4 Å². The van der Waals surface area contributed by atoms with Crippen LogP contribution in [0.1, 0.15) is 17.4 Å². The summed E-state index contributed by atoms with van der Waals surface area (Å²) in [4.78, 5) is 11.4. The second-order valence-corrected chi connectivity index (χ2v) is 9.31. The van der Waals surface area contributed by atoms with Crippen LogP contribution < -0.4 is 5.32 Å². The Bertz CT molecular complexity index is 1540. The van der Waals surface area contributed by atoms with E-state index in [1.165, 1.54) is 12.4 Å². The molecule has 0 bridgehead atoms. The Labute approximate surface area is 222 Å². The Kier molecular flexibility index (Phi) is 6.80. The van der Waals surface area contributed by atoms with Gasteiger partial charge in [0.1, 0.15) is 17.9 Å². The molecule has 0 spiro atoms. The van der Waals surface area contributed by atoms with Gasteiger partial charge in [0.15, 0.2) is 5.65 Å². The van der Waals surface area contributed by atoms with Crippen molar-refractivity contribution < 1.29 is 22.3 Å². The number of halogens is 3. The molecule has 0 amide bonds. The monoisotopic (exact) mass is 533 g/mol. The van der Waals surface area contributed by atoms with Crippen LogP contribution in [0.5, 0.6) is 0 Å². The lowest BCUT2D eigenvalue weighted by molar-refractivity contribution is -0.137. The quantitative estimate of drug-likeness (QED) is 0.269. The number of furan rings is 1. The minimum absolute atomic E-state index is 0.0559. The molecule has 1 aliphatic heterocycles. The maximum absolute atomic E-state index is 13.5. The van der Waals surface area contributed by atoms with E-state index in [0.29, 0.717) is 36.9 Å². The van der Waals surface area contributed by atoms with Gasteiger partial charge < -0.3 is 19.0 Å². The molecule has 0 radical (unpaired) electrons. The van der Waals surface area contributed by atoms with Gasteiger partial charge in [-0.25, -0.2) is 9.97 Å². The van der Waals surface area contributed by atoms with Gasteiger partial charge >= 0.3 is 6.18 Å².